The molecular weight excluding hydrogens is 430 g/mol. The Bertz CT molecular complexity index is 1140. The van der Waals surface area contributed by atoms with Crippen molar-refractivity contribution in [3.8, 4) is 11.4 Å². The summed E-state index contributed by atoms with van der Waals surface area (Å²) in [4.78, 5) is 35.0. The van der Waals surface area contributed by atoms with Crippen molar-refractivity contribution in [3.05, 3.63) is 65.3 Å². The van der Waals surface area contributed by atoms with Crippen LogP contribution in [0.15, 0.2) is 65.3 Å². The van der Waals surface area contributed by atoms with Crippen LogP contribution in [0.25, 0.3) is 11.4 Å². The van der Waals surface area contributed by atoms with Gasteiger partial charge in [-0.3, -0.25) is 9.78 Å². The van der Waals surface area contributed by atoms with Crippen LogP contribution in [0, 0.1) is 0 Å². The number of anilines is 3. The SMILES string of the molecule is COC(=O)C1=C(Nc2ccc(Nc3nc(-c4ccccn4)cs3)cc2)C(=O)N(CCO)C1. The van der Waals surface area contributed by atoms with Gasteiger partial charge < -0.3 is 25.4 Å². The van der Waals surface area contributed by atoms with Crippen molar-refractivity contribution in [2.75, 3.05) is 37.4 Å². The molecule has 3 N–H and O–H groups in total. The molecule has 9 nitrogen and oxygen atoms in total. The number of aromatic nitrogens is 2. The molecular formula is C22H21N5O4S. The number of benzene rings is 1. The fraction of sp³-hybridized carbons (Fsp3) is 0.182. The minimum absolute atomic E-state index is 0.0939. The van der Waals surface area contributed by atoms with Gasteiger partial charge in [0, 0.05) is 29.5 Å². The average Bonchev–Trinajstić information content (AvgIpc) is 3.41. The number of nitrogens with zero attached hydrogens (tertiary/aromatic N) is 3. The minimum atomic E-state index is -0.577. The van der Waals surface area contributed by atoms with Gasteiger partial charge >= 0.3 is 5.97 Å². The Hall–Kier alpha value is -3.76. The number of ether oxygens (including phenoxy) is 1. The summed E-state index contributed by atoms with van der Waals surface area (Å²) in [6.45, 7) is 0.0466. The van der Waals surface area contributed by atoms with Crippen LogP contribution in [0.3, 0.4) is 0 Å². The van der Waals surface area contributed by atoms with E-state index in [1.807, 2.05) is 35.7 Å². The van der Waals surface area contributed by atoms with Crippen LogP contribution in [0.2, 0.25) is 0 Å². The highest BCUT2D eigenvalue weighted by Gasteiger charge is 2.34. The largest absolute Gasteiger partial charge is 0.466 e. The number of aliphatic hydroxyl groups excluding tert-OH is 1. The van der Waals surface area contributed by atoms with Gasteiger partial charge in [-0.05, 0) is 36.4 Å². The van der Waals surface area contributed by atoms with Crippen LogP contribution in [-0.4, -0.2) is 58.7 Å². The van der Waals surface area contributed by atoms with E-state index in [2.05, 4.69) is 20.6 Å². The zero-order valence-corrected chi connectivity index (χ0v) is 18.1. The fourth-order valence-corrected chi connectivity index (χ4v) is 3.94. The molecule has 4 rings (SSSR count). The maximum absolute atomic E-state index is 12.6. The van der Waals surface area contributed by atoms with Crippen LogP contribution in [0.4, 0.5) is 16.5 Å². The molecule has 10 heteroatoms. The molecule has 2 aromatic heterocycles. The second-order valence-corrected chi connectivity index (χ2v) is 7.73. The number of rotatable bonds is 8. The third kappa shape index (κ3) is 4.61. The predicted octanol–water partition coefficient (Wildman–Crippen LogP) is 2.62. The van der Waals surface area contributed by atoms with Crippen molar-refractivity contribution >= 4 is 39.7 Å². The Labute approximate surface area is 188 Å². The second kappa shape index (κ2) is 9.58. The number of β-amino-alcohol motifs (C(OH)–C–C–N with tert-alkyl or cyclic N) is 1. The molecule has 1 amide bonds. The monoisotopic (exact) mass is 451 g/mol. The highest BCUT2D eigenvalue weighted by molar-refractivity contribution is 7.14. The van der Waals surface area contributed by atoms with Gasteiger partial charge in [-0.15, -0.1) is 11.3 Å². The van der Waals surface area contributed by atoms with E-state index in [-0.39, 0.29) is 36.9 Å². The van der Waals surface area contributed by atoms with E-state index in [0.29, 0.717) is 5.69 Å². The van der Waals surface area contributed by atoms with E-state index in [9.17, 15) is 9.59 Å². The molecule has 0 fully saturated rings. The summed E-state index contributed by atoms with van der Waals surface area (Å²) in [7, 11) is 1.27. The van der Waals surface area contributed by atoms with Gasteiger partial charge in [-0.1, -0.05) is 6.07 Å². The Morgan fingerprint density at radius 3 is 2.56 bits per heavy atom. The number of pyridine rings is 1. The van der Waals surface area contributed by atoms with E-state index in [1.165, 1.54) is 23.3 Å². The summed E-state index contributed by atoms with van der Waals surface area (Å²) in [5.74, 6) is -0.932. The van der Waals surface area contributed by atoms with Gasteiger partial charge in [0.1, 0.15) is 11.4 Å². The molecule has 0 saturated heterocycles. The minimum Gasteiger partial charge on any atom is -0.466 e. The molecule has 0 unspecified atom stereocenters. The van der Waals surface area contributed by atoms with Gasteiger partial charge in [-0.25, -0.2) is 9.78 Å². The third-order valence-electron chi connectivity index (χ3n) is 4.79. The molecule has 1 aliphatic rings. The summed E-state index contributed by atoms with van der Waals surface area (Å²) in [6, 6.07) is 12.9. The summed E-state index contributed by atoms with van der Waals surface area (Å²) >= 11 is 1.47. The average molecular weight is 452 g/mol. The van der Waals surface area contributed by atoms with E-state index in [4.69, 9.17) is 9.84 Å². The Balaban J connectivity index is 1.46. The number of hydrogen-bond acceptors (Lipinski definition) is 9. The van der Waals surface area contributed by atoms with Crippen LogP contribution >= 0.6 is 11.3 Å². The van der Waals surface area contributed by atoms with Crippen molar-refractivity contribution in [2.24, 2.45) is 0 Å². The maximum Gasteiger partial charge on any atom is 0.337 e. The van der Waals surface area contributed by atoms with Crippen LogP contribution in [0.5, 0.6) is 0 Å². The molecule has 3 aromatic rings. The predicted molar refractivity (Wildman–Crippen MR) is 121 cm³/mol. The number of nitrogens with one attached hydrogen (secondary N) is 2. The number of methoxy groups -OCH3 is 1. The highest BCUT2D eigenvalue weighted by Crippen LogP contribution is 2.27. The Morgan fingerprint density at radius 1 is 1.16 bits per heavy atom. The summed E-state index contributed by atoms with van der Waals surface area (Å²) in [6.07, 6.45) is 1.73. The van der Waals surface area contributed by atoms with Gasteiger partial charge in [-0.2, -0.15) is 0 Å². The van der Waals surface area contributed by atoms with Crippen molar-refractivity contribution < 1.29 is 19.4 Å². The van der Waals surface area contributed by atoms with Crippen LogP contribution in [0.1, 0.15) is 0 Å². The number of esters is 1. The summed E-state index contributed by atoms with van der Waals surface area (Å²) in [5.41, 5.74) is 3.45. The molecule has 3 heterocycles. The highest BCUT2D eigenvalue weighted by atomic mass is 32.1. The quantitative estimate of drug-likeness (QED) is 0.448. The molecule has 0 spiro atoms. The summed E-state index contributed by atoms with van der Waals surface area (Å²) in [5, 5.41) is 18.1. The molecule has 0 radical (unpaired) electrons. The first-order chi connectivity index (χ1) is 15.6. The number of aliphatic hydroxyl groups is 1. The molecule has 1 aromatic carbocycles. The van der Waals surface area contributed by atoms with E-state index in [1.54, 1.807) is 18.3 Å². The smallest absolute Gasteiger partial charge is 0.337 e. The number of thiazole rings is 1. The Kier molecular flexibility index (Phi) is 6.43. The number of amides is 1. The standard InChI is InChI=1S/C22H21N5O4S/c1-31-21(30)16-12-27(10-11-28)20(29)19(16)24-14-5-7-15(8-6-14)25-22-26-18(13-32-22)17-4-2-3-9-23-17/h2-9,13,24,28H,10-12H2,1H3,(H,25,26). The lowest BCUT2D eigenvalue weighted by molar-refractivity contribution is -0.136. The van der Waals surface area contributed by atoms with Crippen molar-refractivity contribution in [3.63, 3.8) is 0 Å². The zero-order valence-electron chi connectivity index (χ0n) is 17.2. The molecule has 1 aliphatic heterocycles. The summed E-state index contributed by atoms with van der Waals surface area (Å²) < 4.78 is 4.80. The van der Waals surface area contributed by atoms with Gasteiger partial charge in [0.05, 0.1) is 31.5 Å². The van der Waals surface area contributed by atoms with Crippen molar-refractivity contribution in [1.29, 1.82) is 0 Å². The maximum atomic E-state index is 12.6. The molecule has 0 atom stereocenters. The first-order valence-electron chi connectivity index (χ1n) is 9.81. The van der Waals surface area contributed by atoms with Crippen LogP contribution in [-0.2, 0) is 14.3 Å². The van der Waals surface area contributed by atoms with E-state index >= 15 is 0 Å². The first kappa shape index (κ1) is 21.5. The van der Waals surface area contributed by atoms with E-state index in [0.717, 1.165) is 22.2 Å². The lowest BCUT2D eigenvalue weighted by atomic mass is 10.2. The van der Waals surface area contributed by atoms with E-state index < -0.39 is 5.97 Å². The zero-order chi connectivity index (χ0) is 22.5. The fourth-order valence-electron chi connectivity index (χ4n) is 3.22. The Morgan fingerprint density at radius 2 is 1.91 bits per heavy atom. The molecule has 32 heavy (non-hydrogen) atoms. The second-order valence-electron chi connectivity index (χ2n) is 6.88. The normalized spacial score (nSPS) is 13.4. The third-order valence-corrected chi connectivity index (χ3v) is 5.55. The topological polar surface area (TPSA) is 117 Å². The molecule has 0 bridgehead atoms. The van der Waals surface area contributed by atoms with Gasteiger partial charge in [0.15, 0.2) is 5.13 Å². The van der Waals surface area contributed by atoms with Crippen molar-refractivity contribution in [2.45, 2.75) is 0 Å². The van der Waals surface area contributed by atoms with Crippen molar-refractivity contribution in [1.82, 2.24) is 14.9 Å². The molecule has 0 aliphatic carbocycles. The number of hydrogen-bond donors (Lipinski definition) is 3. The number of carbonyl (C=O) groups is 2. The number of carbonyl (C=O) groups excluding carboxylic acids is 2. The lowest BCUT2D eigenvalue weighted by Crippen LogP contribution is -2.31. The van der Waals surface area contributed by atoms with Gasteiger partial charge in [0.2, 0.25) is 0 Å². The lowest BCUT2D eigenvalue weighted by Gasteiger charge is -2.15. The first-order valence-corrected chi connectivity index (χ1v) is 10.7. The molecule has 0 saturated carbocycles. The van der Waals surface area contributed by atoms with Crippen LogP contribution < -0.4 is 10.6 Å². The molecule has 164 valence electrons. The van der Waals surface area contributed by atoms with Gasteiger partial charge in [0.25, 0.3) is 5.91 Å².